The summed E-state index contributed by atoms with van der Waals surface area (Å²) < 4.78 is 18.4. The number of hydrogen-bond donors (Lipinski definition) is 1. The molecule has 0 aliphatic carbocycles. The van der Waals surface area contributed by atoms with E-state index in [1.807, 2.05) is 0 Å². The van der Waals surface area contributed by atoms with E-state index >= 15 is 0 Å². The lowest BCUT2D eigenvalue weighted by Gasteiger charge is -2.08. The molecule has 2 aromatic carbocycles. The van der Waals surface area contributed by atoms with Gasteiger partial charge in [0, 0.05) is 22.9 Å². The van der Waals surface area contributed by atoms with Gasteiger partial charge in [-0.05, 0) is 6.07 Å². The Balaban J connectivity index is 2.46. The Labute approximate surface area is 104 Å². The summed E-state index contributed by atoms with van der Waals surface area (Å²) in [5, 5.41) is 0. The Morgan fingerprint density at radius 3 is 2.50 bits per heavy atom. The molecule has 92 valence electrons. The van der Waals surface area contributed by atoms with E-state index in [0.717, 1.165) is 6.07 Å². The van der Waals surface area contributed by atoms with Crippen molar-refractivity contribution in [3.05, 3.63) is 59.4 Å². The number of carbonyl (C=O) groups is 1. The first-order chi connectivity index (χ1) is 8.63. The molecule has 2 aromatic rings. The van der Waals surface area contributed by atoms with Gasteiger partial charge in [-0.3, -0.25) is 4.79 Å². The number of methoxy groups -OCH3 is 1. The summed E-state index contributed by atoms with van der Waals surface area (Å²) in [4.78, 5) is 12.1. The van der Waals surface area contributed by atoms with E-state index in [4.69, 9.17) is 10.5 Å². The minimum absolute atomic E-state index is 0.0251. The molecule has 2 N–H and O–H groups in total. The minimum atomic E-state index is -0.606. The first-order valence-corrected chi connectivity index (χ1v) is 5.36. The SMILES string of the molecule is COc1cc(N)c(C(=O)c2ccccc2)cc1F. The van der Waals surface area contributed by atoms with Gasteiger partial charge >= 0.3 is 0 Å². The monoisotopic (exact) mass is 245 g/mol. The fraction of sp³-hybridized carbons (Fsp3) is 0.0714. The molecule has 18 heavy (non-hydrogen) atoms. The van der Waals surface area contributed by atoms with E-state index in [0.29, 0.717) is 5.56 Å². The molecule has 0 aromatic heterocycles. The van der Waals surface area contributed by atoms with Crippen LogP contribution in [0.3, 0.4) is 0 Å². The summed E-state index contributed by atoms with van der Waals surface area (Å²) in [6, 6.07) is 11.0. The molecule has 0 aliphatic rings. The van der Waals surface area contributed by atoms with Crippen LogP contribution in [0.4, 0.5) is 10.1 Å². The molecular weight excluding hydrogens is 233 g/mol. The first-order valence-electron chi connectivity index (χ1n) is 5.36. The predicted molar refractivity (Wildman–Crippen MR) is 67.2 cm³/mol. The number of ketones is 1. The van der Waals surface area contributed by atoms with Gasteiger partial charge in [0.1, 0.15) is 0 Å². The van der Waals surface area contributed by atoms with Crippen LogP contribution < -0.4 is 10.5 Å². The summed E-state index contributed by atoms with van der Waals surface area (Å²) >= 11 is 0. The Hall–Kier alpha value is -2.36. The Bertz CT molecular complexity index is 582. The highest BCUT2D eigenvalue weighted by Crippen LogP contribution is 2.25. The first kappa shape index (κ1) is 12.1. The zero-order chi connectivity index (χ0) is 13.1. The van der Waals surface area contributed by atoms with Gasteiger partial charge in [0.25, 0.3) is 0 Å². The van der Waals surface area contributed by atoms with E-state index in [9.17, 15) is 9.18 Å². The van der Waals surface area contributed by atoms with E-state index in [1.54, 1.807) is 30.3 Å². The minimum Gasteiger partial charge on any atom is -0.494 e. The number of nitrogens with two attached hydrogens (primary N) is 1. The maximum absolute atomic E-state index is 13.6. The van der Waals surface area contributed by atoms with Crippen LogP contribution in [-0.2, 0) is 0 Å². The molecular formula is C14H12FNO2. The number of ether oxygens (including phenoxy) is 1. The molecule has 2 rings (SSSR count). The van der Waals surface area contributed by atoms with Crippen LogP contribution in [-0.4, -0.2) is 12.9 Å². The van der Waals surface area contributed by atoms with Crippen molar-refractivity contribution < 1.29 is 13.9 Å². The normalized spacial score (nSPS) is 10.1. The van der Waals surface area contributed by atoms with E-state index in [2.05, 4.69) is 0 Å². The van der Waals surface area contributed by atoms with Crippen LogP contribution in [0.2, 0.25) is 0 Å². The van der Waals surface area contributed by atoms with Gasteiger partial charge < -0.3 is 10.5 Å². The second-order valence-corrected chi connectivity index (χ2v) is 3.77. The molecule has 4 heteroatoms. The van der Waals surface area contributed by atoms with Gasteiger partial charge in [-0.25, -0.2) is 4.39 Å². The third-order valence-corrected chi connectivity index (χ3v) is 2.60. The molecule has 0 amide bonds. The Kier molecular flexibility index (Phi) is 3.28. The molecule has 0 atom stereocenters. The summed E-state index contributed by atoms with van der Waals surface area (Å²) in [5.41, 5.74) is 6.54. The molecule has 0 bridgehead atoms. The van der Waals surface area contributed by atoms with E-state index in [1.165, 1.54) is 13.2 Å². The fourth-order valence-corrected chi connectivity index (χ4v) is 1.67. The van der Waals surface area contributed by atoms with Gasteiger partial charge in [0.15, 0.2) is 17.3 Å². The third kappa shape index (κ3) is 2.18. The number of anilines is 1. The van der Waals surface area contributed by atoms with Crippen molar-refractivity contribution in [2.24, 2.45) is 0 Å². The van der Waals surface area contributed by atoms with Crippen molar-refractivity contribution in [3.8, 4) is 5.75 Å². The predicted octanol–water partition coefficient (Wildman–Crippen LogP) is 2.65. The number of benzene rings is 2. The molecule has 0 unspecified atom stereocenters. The second-order valence-electron chi connectivity index (χ2n) is 3.77. The average Bonchev–Trinajstić information content (AvgIpc) is 2.41. The van der Waals surface area contributed by atoms with Gasteiger partial charge in [-0.2, -0.15) is 0 Å². The van der Waals surface area contributed by atoms with Crippen molar-refractivity contribution in [1.82, 2.24) is 0 Å². The second kappa shape index (κ2) is 4.87. The molecule has 0 saturated carbocycles. The maximum atomic E-state index is 13.6. The van der Waals surface area contributed by atoms with Crippen LogP contribution in [0.1, 0.15) is 15.9 Å². The van der Waals surface area contributed by atoms with E-state index < -0.39 is 5.82 Å². The number of halogens is 1. The van der Waals surface area contributed by atoms with Crippen molar-refractivity contribution >= 4 is 11.5 Å². The maximum Gasteiger partial charge on any atom is 0.195 e. The van der Waals surface area contributed by atoms with Gasteiger partial charge in [-0.15, -0.1) is 0 Å². The molecule has 0 radical (unpaired) electrons. The lowest BCUT2D eigenvalue weighted by Crippen LogP contribution is -2.06. The highest BCUT2D eigenvalue weighted by atomic mass is 19.1. The quantitative estimate of drug-likeness (QED) is 0.668. The van der Waals surface area contributed by atoms with Crippen LogP contribution >= 0.6 is 0 Å². The molecule has 0 spiro atoms. The van der Waals surface area contributed by atoms with E-state index in [-0.39, 0.29) is 22.8 Å². The number of rotatable bonds is 3. The van der Waals surface area contributed by atoms with Gasteiger partial charge in [0.05, 0.1) is 7.11 Å². The van der Waals surface area contributed by atoms with Gasteiger partial charge in [-0.1, -0.05) is 30.3 Å². The molecule has 3 nitrogen and oxygen atoms in total. The third-order valence-electron chi connectivity index (χ3n) is 2.60. The van der Waals surface area contributed by atoms with Crippen molar-refractivity contribution in [2.45, 2.75) is 0 Å². The standard InChI is InChI=1S/C14H12FNO2/c1-18-13-8-12(16)10(7-11(13)15)14(17)9-5-3-2-4-6-9/h2-8H,16H2,1H3. The highest BCUT2D eigenvalue weighted by molar-refractivity contribution is 6.12. The summed E-state index contributed by atoms with van der Waals surface area (Å²) in [6.07, 6.45) is 0. The zero-order valence-corrected chi connectivity index (χ0v) is 9.81. The van der Waals surface area contributed by atoms with Crippen molar-refractivity contribution in [2.75, 3.05) is 12.8 Å². The number of carbonyl (C=O) groups excluding carboxylic acids is 1. The lowest BCUT2D eigenvalue weighted by molar-refractivity contribution is 0.103. The van der Waals surface area contributed by atoms with Crippen LogP contribution in [0.15, 0.2) is 42.5 Å². The van der Waals surface area contributed by atoms with Crippen LogP contribution in [0, 0.1) is 5.82 Å². The molecule has 0 saturated heterocycles. The smallest absolute Gasteiger partial charge is 0.195 e. The summed E-state index contributed by atoms with van der Waals surface area (Å²) in [6.45, 7) is 0. The Morgan fingerprint density at radius 1 is 1.22 bits per heavy atom. The van der Waals surface area contributed by atoms with Crippen molar-refractivity contribution in [3.63, 3.8) is 0 Å². The number of hydrogen-bond acceptors (Lipinski definition) is 3. The highest BCUT2D eigenvalue weighted by Gasteiger charge is 2.15. The largest absolute Gasteiger partial charge is 0.494 e. The Morgan fingerprint density at radius 2 is 1.89 bits per heavy atom. The fourth-order valence-electron chi connectivity index (χ4n) is 1.67. The topological polar surface area (TPSA) is 52.3 Å². The van der Waals surface area contributed by atoms with Gasteiger partial charge in [0.2, 0.25) is 0 Å². The summed E-state index contributed by atoms with van der Waals surface area (Å²) in [5.74, 6) is -0.891. The lowest BCUT2D eigenvalue weighted by atomic mass is 10.0. The van der Waals surface area contributed by atoms with Crippen LogP contribution in [0.5, 0.6) is 5.75 Å². The zero-order valence-electron chi connectivity index (χ0n) is 9.81. The molecule has 0 fully saturated rings. The summed E-state index contributed by atoms with van der Waals surface area (Å²) in [7, 11) is 1.34. The molecule has 0 aliphatic heterocycles. The number of nitrogen functional groups attached to an aromatic ring is 1. The van der Waals surface area contributed by atoms with Crippen LogP contribution in [0.25, 0.3) is 0 Å². The van der Waals surface area contributed by atoms with Crippen molar-refractivity contribution in [1.29, 1.82) is 0 Å². The molecule has 0 heterocycles. The average molecular weight is 245 g/mol.